The summed E-state index contributed by atoms with van der Waals surface area (Å²) in [5, 5.41) is 6.98. The summed E-state index contributed by atoms with van der Waals surface area (Å²) in [5.41, 5.74) is 0.405. The minimum Gasteiger partial charge on any atom is -0.360 e. The van der Waals surface area contributed by atoms with Crippen LogP contribution in [0.1, 0.15) is 61.7 Å². The van der Waals surface area contributed by atoms with Crippen molar-refractivity contribution < 1.29 is 9.32 Å². The summed E-state index contributed by atoms with van der Waals surface area (Å²) in [4.78, 5) is 14.7. The molecule has 1 aromatic heterocycles. The molecule has 110 valence electrons. The van der Waals surface area contributed by atoms with Crippen molar-refractivity contribution in [3.63, 3.8) is 0 Å². The van der Waals surface area contributed by atoms with Gasteiger partial charge in [0, 0.05) is 30.6 Å². The molecule has 2 aliphatic heterocycles. The number of rotatable bonds is 3. The van der Waals surface area contributed by atoms with Crippen molar-refractivity contribution in [3.8, 4) is 0 Å². The molecule has 2 aliphatic rings. The number of fused-ring (bicyclic) bond motifs is 1. The lowest BCUT2D eigenvalue weighted by atomic mass is 9.97. The van der Waals surface area contributed by atoms with E-state index in [4.69, 9.17) is 4.52 Å². The molecule has 2 atom stereocenters. The minimum atomic E-state index is -0.0999. The summed E-state index contributed by atoms with van der Waals surface area (Å²) in [6, 6.07) is 2.70. The van der Waals surface area contributed by atoms with E-state index in [9.17, 15) is 4.79 Å². The maximum atomic E-state index is 12.2. The summed E-state index contributed by atoms with van der Waals surface area (Å²) >= 11 is 0. The molecule has 3 heterocycles. The van der Waals surface area contributed by atoms with Crippen LogP contribution in [0.4, 0.5) is 0 Å². The van der Waals surface area contributed by atoms with Gasteiger partial charge in [0.25, 0.3) is 5.91 Å². The van der Waals surface area contributed by atoms with Crippen molar-refractivity contribution in [2.75, 3.05) is 13.1 Å². The number of aromatic nitrogens is 1. The van der Waals surface area contributed by atoms with Gasteiger partial charge < -0.3 is 14.7 Å². The molecule has 5 heteroatoms. The molecule has 0 aromatic carbocycles. The highest BCUT2D eigenvalue weighted by Crippen LogP contribution is 2.27. The molecule has 0 radical (unpaired) electrons. The van der Waals surface area contributed by atoms with E-state index in [0.717, 1.165) is 25.1 Å². The second-order valence-corrected chi connectivity index (χ2v) is 6.30. The number of nitrogens with zero attached hydrogens (tertiary/aromatic N) is 2. The molecular formula is C15H23N3O2. The fourth-order valence-electron chi connectivity index (χ4n) is 3.28. The third-order valence-corrected chi connectivity index (χ3v) is 4.49. The maximum absolute atomic E-state index is 12.2. The Morgan fingerprint density at radius 1 is 1.45 bits per heavy atom. The molecule has 0 unspecified atom stereocenters. The molecule has 20 heavy (non-hydrogen) atoms. The molecule has 2 fully saturated rings. The average Bonchev–Trinajstić information content (AvgIpc) is 3.07. The zero-order chi connectivity index (χ0) is 14.1. The molecule has 1 N–H and O–H groups in total. The van der Waals surface area contributed by atoms with Gasteiger partial charge in [-0.3, -0.25) is 4.79 Å². The molecule has 0 aliphatic carbocycles. The second kappa shape index (κ2) is 5.56. The van der Waals surface area contributed by atoms with E-state index in [1.54, 1.807) is 6.07 Å². The second-order valence-electron chi connectivity index (χ2n) is 6.30. The van der Waals surface area contributed by atoms with Gasteiger partial charge in [0.1, 0.15) is 5.76 Å². The van der Waals surface area contributed by atoms with Gasteiger partial charge in [-0.25, -0.2) is 0 Å². The quantitative estimate of drug-likeness (QED) is 0.919. The number of amides is 1. The van der Waals surface area contributed by atoms with Crippen molar-refractivity contribution in [2.45, 2.75) is 57.5 Å². The van der Waals surface area contributed by atoms with Gasteiger partial charge in [-0.15, -0.1) is 0 Å². The standard InChI is InChI=1S/C15H23N3O2/c1-10(2)14-9-13(17-20-14)15(19)16-11-5-7-18-6-3-4-12(18)8-11/h9-12H,3-8H2,1-2H3,(H,16,19)/t11-,12+/m1/s1. The Balaban J connectivity index is 1.58. The molecular weight excluding hydrogens is 254 g/mol. The minimum absolute atomic E-state index is 0.0999. The van der Waals surface area contributed by atoms with Crippen molar-refractivity contribution in [1.82, 2.24) is 15.4 Å². The maximum Gasteiger partial charge on any atom is 0.273 e. The Morgan fingerprint density at radius 2 is 2.30 bits per heavy atom. The zero-order valence-corrected chi connectivity index (χ0v) is 12.3. The summed E-state index contributed by atoms with van der Waals surface area (Å²) in [5.74, 6) is 0.920. The van der Waals surface area contributed by atoms with Crippen LogP contribution in [0.2, 0.25) is 0 Å². The van der Waals surface area contributed by atoms with Gasteiger partial charge >= 0.3 is 0 Å². The first-order valence-electron chi connectivity index (χ1n) is 7.65. The number of hydrogen-bond acceptors (Lipinski definition) is 4. The third kappa shape index (κ3) is 2.73. The largest absolute Gasteiger partial charge is 0.360 e. The molecule has 0 bridgehead atoms. The first-order chi connectivity index (χ1) is 9.63. The van der Waals surface area contributed by atoms with Crippen LogP contribution in [0, 0.1) is 0 Å². The van der Waals surface area contributed by atoms with E-state index in [1.165, 1.54) is 19.4 Å². The highest BCUT2D eigenvalue weighted by molar-refractivity contribution is 5.92. The summed E-state index contributed by atoms with van der Waals surface area (Å²) < 4.78 is 5.19. The molecule has 1 amide bonds. The lowest BCUT2D eigenvalue weighted by molar-refractivity contribution is 0.0887. The Labute approximate surface area is 119 Å². The fraction of sp³-hybridized carbons (Fsp3) is 0.733. The SMILES string of the molecule is CC(C)c1cc(C(=O)N[C@@H]2CCN3CCC[C@H]3C2)no1. The molecule has 0 spiro atoms. The van der Waals surface area contributed by atoms with Crippen LogP contribution < -0.4 is 5.32 Å². The number of carbonyl (C=O) groups is 1. The normalized spacial score (nSPS) is 26.8. The van der Waals surface area contributed by atoms with E-state index < -0.39 is 0 Å². The van der Waals surface area contributed by atoms with E-state index in [2.05, 4.69) is 15.4 Å². The first-order valence-corrected chi connectivity index (χ1v) is 7.65. The van der Waals surface area contributed by atoms with Crippen LogP contribution in [-0.4, -0.2) is 41.1 Å². The summed E-state index contributed by atoms with van der Waals surface area (Å²) in [6.07, 6.45) is 4.68. The number of carbonyl (C=O) groups excluding carboxylic acids is 1. The molecule has 5 nitrogen and oxygen atoms in total. The highest BCUT2D eigenvalue weighted by atomic mass is 16.5. The Bertz CT molecular complexity index is 483. The van der Waals surface area contributed by atoms with E-state index in [0.29, 0.717) is 11.7 Å². The van der Waals surface area contributed by atoms with Gasteiger partial charge in [0.2, 0.25) is 0 Å². The van der Waals surface area contributed by atoms with Crippen molar-refractivity contribution in [2.24, 2.45) is 0 Å². The lowest BCUT2D eigenvalue weighted by Crippen LogP contribution is -2.47. The van der Waals surface area contributed by atoms with Crippen LogP contribution in [-0.2, 0) is 0 Å². The molecule has 1 aromatic rings. The summed E-state index contributed by atoms with van der Waals surface area (Å²) in [6.45, 7) is 6.38. The average molecular weight is 277 g/mol. The van der Waals surface area contributed by atoms with Gasteiger partial charge in [0.05, 0.1) is 0 Å². The molecule has 3 rings (SSSR count). The Morgan fingerprint density at radius 3 is 3.05 bits per heavy atom. The smallest absolute Gasteiger partial charge is 0.273 e. The third-order valence-electron chi connectivity index (χ3n) is 4.49. The monoisotopic (exact) mass is 277 g/mol. The topological polar surface area (TPSA) is 58.4 Å². The van der Waals surface area contributed by atoms with Gasteiger partial charge in [-0.05, 0) is 32.2 Å². The van der Waals surface area contributed by atoms with Crippen LogP contribution >= 0.6 is 0 Å². The van der Waals surface area contributed by atoms with Crippen LogP contribution in [0.25, 0.3) is 0 Å². The first kappa shape index (κ1) is 13.6. The number of nitrogens with one attached hydrogen (secondary N) is 1. The predicted molar refractivity (Wildman–Crippen MR) is 75.7 cm³/mol. The predicted octanol–water partition coefficient (Wildman–Crippen LogP) is 2.15. The lowest BCUT2D eigenvalue weighted by Gasteiger charge is -2.34. The van der Waals surface area contributed by atoms with Gasteiger partial charge in [0.15, 0.2) is 5.69 Å². The summed E-state index contributed by atoms with van der Waals surface area (Å²) in [7, 11) is 0. The Hall–Kier alpha value is -1.36. The van der Waals surface area contributed by atoms with E-state index in [1.807, 2.05) is 13.8 Å². The van der Waals surface area contributed by atoms with Crippen LogP contribution in [0.5, 0.6) is 0 Å². The van der Waals surface area contributed by atoms with Gasteiger partial charge in [-0.1, -0.05) is 19.0 Å². The van der Waals surface area contributed by atoms with Crippen molar-refractivity contribution >= 4 is 5.91 Å². The van der Waals surface area contributed by atoms with Gasteiger partial charge in [-0.2, -0.15) is 0 Å². The van der Waals surface area contributed by atoms with E-state index in [-0.39, 0.29) is 17.9 Å². The molecule has 0 saturated carbocycles. The van der Waals surface area contributed by atoms with E-state index >= 15 is 0 Å². The number of piperidine rings is 1. The van der Waals surface area contributed by atoms with Crippen LogP contribution in [0.3, 0.4) is 0 Å². The zero-order valence-electron chi connectivity index (χ0n) is 12.3. The van der Waals surface area contributed by atoms with Crippen LogP contribution in [0.15, 0.2) is 10.6 Å². The molecule has 2 saturated heterocycles. The number of hydrogen-bond donors (Lipinski definition) is 1. The highest BCUT2D eigenvalue weighted by Gasteiger charge is 2.32. The fourth-order valence-corrected chi connectivity index (χ4v) is 3.28. The van der Waals surface area contributed by atoms with Crippen molar-refractivity contribution in [3.05, 3.63) is 17.5 Å². The van der Waals surface area contributed by atoms with Crippen molar-refractivity contribution in [1.29, 1.82) is 0 Å². The Kier molecular flexibility index (Phi) is 3.78.